The zero-order valence-electron chi connectivity index (χ0n) is 8.74. The standard InChI is InChI=1S/C11H22O2/c1-8(2)7-11(13)9-5-3-4-6-10(9)12/h8-13H,3-7H2,1-2H3. The molecule has 1 saturated carbocycles. The fraction of sp³-hybridized carbons (Fsp3) is 1.00. The summed E-state index contributed by atoms with van der Waals surface area (Å²) in [6.07, 6.45) is 4.41. The molecule has 0 bridgehead atoms. The molecule has 1 aliphatic carbocycles. The highest BCUT2D eigenvalue weighted by Crippen LogP contribution is 2.29. The second-order valence-corrected chi connectivity index (χ2v) is 4.71. The van der Waals surface area contributed by atoms with Gasteiger partial charge in [-0.25, -0.2) is 0 Å². The average Bonchev–Trinajstić information content (AvgIpc) is 2.03. The van der Waals surface area contributed by atoms with E-state index in [0.717, 1.165) is 32.1 Å². The smallest absolute Gasteiger partial charge is 0.0595 e. The molecule has 2 nitrogen and oxygen atoms in total. The minimum atomic E-state index is -0.296. The third kappa shape index (κ3) is 3.28. The Balaban J connectivity index is 2.39. The second-order valence-electron chi connectivity index (χ2n) is 4.71. The van der Waals surface area contributed by atoms with Gasteiger partial charge in [0.1, 0.15) is 0 Å². The van der Waals surface area contributed by atoms with Gasteiger partial charge in [-0.3, -0.25) is 0 Å². The van der Waals surface area contributed by atoms with Crippen LogP contribution in [0.25, 0.3) is 0 Å². The Morgan fingerprint density at radius 3 is 2.38 bits per heavy atom. The zero-order chi connectivity index (χ0) is 9.84. The van der Waals surface area contributed by atoms with Crippen molar-refractivity contribution >= 4 is 0 Å². The van der Waals surface area contributed by atoms with E-state index in [4.69, 9.17) is 0 Å². The van der Waals surface area contributed by atoms with Crippen LogP contribution in [-0.4, -0.2) is 22.4 Å². The summed E-state index contributed by atoms with van der Waals surface area (Å²) in [5.74, 6) is 0.653. The van der Waals surface area contributed by atoms with Crippen LogP contribution in [0.4, 0.5) is 0 Å². The Hall–Kier alpha value is -0.0800. The molecular formula is C11H22O2. The number of hydrogen-bond donors (Lipinski definition) is 2. The third-order valence-electron chi connectivity index (χ3n) is 2.99. The number of hydrogen-bond acceptors (Lipinski definition) is 2. The number of rotatable bonds is 3. The Morgan fingerprint density at radius 2 is 1.85 bits per heavy atom. The molecule has 2 N–H and O–H groups in total. The van der Waals surface area contributed by atoms with Crippen molar-refractivity contribution in [2.75, 3.05) is 0 Å². The number of aliphatic hydroxyl groups is 2. The van der Waals surface area contributed by atoms with Gasteiger partial charge >= 0.3 is 0 Å². The summed E-state index contributed by atoms with van der Waals surface area (Å²) in [5.41, 5.74) is 0. The molecule has 0 radical (unpaired) electrons. The van der Waals surface area contributed by atoms with Crippen molar-refractivity contribution < 1.29 is 10.2 Å². The van der Waals surface area contributed by atoms with E-state index < -0.39 is 0 Å². The lowest BCUT2D eigenvalue weighted by Crippen LogP contribution is -2.35. The first kappa shape index (κ1) is 11.0. The van der Waals surface area contributed by atoms with E-state index >= 15 is 0 Å². The normalized spacial score (nSPS) is 32.1. The van der Waals surface area contributed by atoms with Crippen LogP contribution in [0.3, 0.4) is 0 Å². The summed E-state index contributed by atoms with van der Waals surface area (Å²) in [5, 5.41) is 19.5. The summed E-state index contributed by atoms with van der Waals surface area (Å²) in [7, 11) is 0. The average molecular weight is 186 g/mol. The van der Waals surface area contributed by atoms with Crippen molar-refractivity contribution in [3.8, 4) is 0 Å². The van der Waals surface area contributed by atoms with Crippen molar-refractivity contribution in [3.05, 3.63) is 0 Å². The molecule has 13 heavy (non-hydrogen) atoms. The highest BCUT2D eigenvalue weighted by molar-refractivity contribution is 4.80. The highest BCUT2D eigenvalue weighted by Gasteiger charge is 2.29. The van der Waals surface area contributed by atoms with Crippen LogP contribution in [0.15, 0.2) is 0 Å². The summed E-state index contributed by atoms with van der Waals surface area (Å²) in [4.78, 5) is 0. The lowest BCUT2D eigenvalue weighted by Gasteiger charge is -2.32. The monoisotopic (exact) mass is 186 g/mol. The second kappa shape index (κ2) is 4.97. The van der Waals surface area contributed by atoms with Gasteiger partial charge in [0.25, 0.3) is 0 Å². The van der Waals surface area contributed by atoms with E-state index in [1.165, 1.54) is 0 Å². The lowest BCUT2D eigenvalue weighted by molar-refractivity contribution is -0.0202. The summed E-state index contributed by atoms with van der Waals surface area (Å²) >= 11 is 0. The number of aliphatic hydroxyl groups excluding tert-OH is 2. The topological polar surface area (TPSA) is 40.5 Å². The van der Waals surface area contributed by atoms with E-state index in [0.29, 0.717) is 5.92 Å². The van der Waals surface area contributed by atoms with Crippen molar-refractivity contribution in [1.29, 1.82) is 0 Å². The minimum Gasteiger partial charge on any atom is -0.393 e. The fourth-order valence-corrected chi connectivity index (χ4v) is 2.25. The van der Waals surface area contributed by atoms with E-state index in [-0.39, 0.29) is 18.1 Å². The van der Waals surface area contributed by atoms with Gasteiger partial charge < -0.3 is 10.2 Å². The summed E-state index contributed by atoms with van der Waals surface area (Å²) in [6.45, 7) is 4.22. The first-order valence-corrected chi connectivity index (χ1v) is 5.47. The molecule has 1 rings (SSSR count). The third-order valence-corrected chi connectivity index (χ3v) is 2.99. The Kier molecular flexibility index (Phi) is 4.20. The molecule has 78 valence electrons. The van der Waals surface area contributed by atoms with Gasteiger partial charge in [-0.2, -0.15) is 0 Å². The van der Waals surface area contributed by atoms with Gasteiger partial charge in [-0.1, -0.05) is 26.7 Å². The van der Waals surface area contributed by atoms with Crippen molar-refractivity contribution in [2.45, 2.75) is 58.2 Å². The maximum Gasteiger partial charge on any atom is 0.0595 e. The molecule has 0 aromatic heterocycles. The van der Waals surface area contributed by atoms with Crippen molar-refractivity contribution in [3.63, 3.8) is 0 Å². The van der Waals surface area contributed by atoms with Crippen LogP contribution in [0, 0.1) is 11.8 Å². The Morgan fingerprint density at radius 1 is 1.23 bits per heavy atom. The van der Waals surface area contributed by atoms with Crippen LogP contribution in [0.5, 0.6) is 0 Å². The first-order chi connectivity index (χ1) is 6.11. The quantitative estimate of drug-likeness (QED) is 0.707. The zero-order valence-corrected chi connectivity index (χ0v) is 8.74. The summed E-state index contributed by atoms with van der Waals surface area (Å²) in [6, 6.07) is 0. The van der Waals surface area contributed by atoms with Crippen LogP contribution < -0.4 is 0 Å². The van der Waals surface area contributed by atoms with Crippen LogP contribution in [0.2, 0.25) is 0 Å². The van der Waals surface area contributed by atoms with Crippen molar-refractivity contribution in [1.82, 2.24) is 0 Å². The molecule has 0 heterocycles. The first-order valence-electron chi connectivity index (χ1n) is 5.47. The molecule has 1 fully saturated rings. The van der Waals surface area contributed by atoms with Crippen LogP contribution in [0.1, 0.15) is 46.0 Å². The van der Waals surface area contributed by atoms with Gasteiger partial charge in [0.05, 0.1) is 12.2 Å². The molecule has 1 aliphatic rings. The van der Waals surface area contributed by atoms with Gasteiger partial charge in [0.15, 0.2) is 0 Å². The molecule has 3 unspecified atom stereocenters. The van der Waals surface area contributed by atoms with Gasteiger partial charge in [-0.15, -0.1) is 0 Å². The fourth-order valence-electron chi connectivity index (χ4n) is 2.25. The van der Waals surface area contributed by atoms with Crippen molar-refractivity contribution in [2.24, 2.45) is 11.8 Å². The maximum absolute atomic E-state index is 9.85. The highest BCUT2D eigenvalue weighted by atomic mass is 16.3. The van der Waals surface area contributed by atoms with E-state index in [9.17, 15) is 10.2 Å². The molecule has 2 heteroatoms. The van der Waals surface area contributed by atoms with E-state index in [1.807, 2.05) is 0 Å². The van der Waals surface area contributed by atoms with Crippen LogP contribution >= 0.6 is 0 Å². The lowest BCUT2D eigenvalue weighted by atomic mass is 9.80. The largest absolute Gasteiger partial charge is 0.393 e. The Bertz CT molecular complexity index is 145. The van der Waals surface area contributed by atoms with E-state index in [2.05, 4.69) is 13.8 Å². The SMILES string of the molecule is CC(C)CC(O)C1CCCCC1O. The molecule has 0 aromatic rings. The van der Waals surface area contributed by atoms with Crippen LogP contribution in [-0.2, 0) is 0 Å². The molecule has 0 aromatic carbocycles. The van der Waals surface area contributed by atoms with Gasteiger partial charge in [0.2, 0.25) is 0 Å². The Labute approximate surface area is 81.0 Å². The predicted molar refractivity (Wildman–Crippen MR) is 53.4 cm³/mol. The molecule has 0 saturated heterocycles. The van der Waals surface area contributed by atoms with E-state index in [1.54, 1.807) is 0 Å². The summed E-state index contributed by atoms with van der Waals surface area (Å²) < 4.78 is 0. The maximum atomic E-state index is 9.85. The van der Waals surface area contributed by atoms with Gasteiger partial charge in [0, 0.05) is 5.92 Å². The molecule has 0 amide bonds. The molecule has 0 spiro atoms. The molecule has 3 atom stereocenters. The minimum absolute atomic E-state index is 0.135. The predicted octanol–water partition coefficient (Wildman–Crippen LogP) is 1.94. The molecular weight excluding hydrogens is 164 g/mol. The molecule has 0 aliphatic heterocycles. The van der Waals surface area contributed by atoms with Gasteiger partial charge in [-0.05, 0) is 25.2 Å².